The lowest BCUT2D eigenvalue weighted by atomic mass is 10.9. The van der Waals surface area contributed by atoms with E-state index < -0.39 is 6.17 Å². The van der Waals surface area contributed by atoms with Gasteiger partial charge in [-0.15, -0.1) is 0 Å². The van der Waals surface area contributed by atoms with E-state index in [2.05, 4.69) is 15.9 Å². The summed E-state index contributed by atoms with van der Waals surface area (Å²) >= 11 is 3.07. The van der Waals surface area contributed by atoms with Gasteiger partial charge in [0.05, 0.1) is 0 Å². The summed E-state index contributed by atoms with van der Waals surface area (Å²) in [5, 5.41) is 0. The normalized spacial score (nSPS) is 49.2. The second kappa shape index (κ2) is 0.934. The van der Waals surface area contributed by atoms with E-state index in [1.807, 2.05) is 0 Å². The molecule has 0 aliphatic heterocycles. The van der Waals surface area contributed by atoms with Gasteiger partial charge >= 0.3 is 0 Å². The molecule has 0 nitrogen and oxygen atoms in total. The van der Waals surface area contributed by atoms with Gasteiger partial charge in [0.2, 0.25) is 0 Å². The van der Waals surface area contributed by atoms with Crippen molar-refractivity contribution in [3.8, 4) is 0 Å². The molecule has 0 bridgehead atoms. The first-order valence-corrected chi connectivity index (χ1v) is 2.50. The highest BCUT2D eigenvalue weighted by Gasteiger charge is 2.34. The van der Waals surface area contributed by atoms with Crippen molar-refractivity contribution in [2.45, 2.75) is 17.4 Å². The van der Waals surface area contributed by atoms with E-state index in [0.29, 0.717) is 0 Å². The highest BCUT2D eigenvalue weighted by Crippen LogP contribution is 2.32. The molecule has 0 aromatic heterocycles. The van der Waals surface area contributed by atoms with Gasteiger partial charge in [0.15, 0.2) is 0 Å². The summed E-state index contributed by atoms with van der Waals surface area (Å²) in [4.78, 5) is 0.197. The topological polar surface area (TPSA) is 0 Å². The van der Waals surface area contributed by atoms with Gasteiger partial charge in [0.1, 0.15) is 6.17 Å². The Hall–Kier alpha value is 0.410. The number of rotatable bonds is 0. The summed E-state index contributed by atoms with van der Waals surface area (Å²) in [6.07, 6.45) is 0.190. The lowest BCUT2D eigenvalue weighted by Crippen LogP contribution is -1.65. The molecule has 1 rings (SSSR count). The molecular weight excluding hydrogens is 135 g/mol. The summed E-state index contributed by atoms with van der Waals surface area (Å²) in [5.74, 6) is 0. The molecule has 2 heteroatoms. The molecule has 0 unspecified atom stereocenters. The molecule has 5 heavy (non-hydrogen) atoms. The van der Waals surface area contributed by atoms with Crippen LogP contribution in [0.1, 0.15) is 6.42 Å². The minimum absolute atomic E-state index is 0.197. The molecule has 1 fully saturated rings. The van der Waals surface area contributed by atoms with E-state index in [0.717, 1.165) is 6.42 Å². The lowest BCUT2D eigenvalue weighted by molar-refractivity contribution is 0.483. The molecule has 1 aliphatic carbocycles. The Balaban J connectivity index is 2.20. The Morgan fingerprint density at radius 2 is 2.00 bits per heavy atom. The molecule has 2 atom stereocenters. The first-order valence-electron chi connectivity index (χ1n) is 1.59. The number of hydrogen-bond acceptors (Lipinski definition) is 0. The molecule has 1 saturated carbocycles. The van der Waals surface area contributed by atoms with Crippen LogP contribution in [0.5, 0.6) is 0 Å². The van der Waals surface area contributed by atoms with Crippen LogP contribution in [0.3, 0.4) is 0 Å². The number of hydrogen-bond donors (Lipinski definition) is 0. The van der Waals surface area contributed by atoms with E-state index in [1.165, 1.54) is 0 Å². The van der Waals surface area contributed by atoms with Crippen LogP contribution >= 0.6 is 15.9 Å². The quantitative estimate of drug-likeness (QED) is 0.446. The summed E-state index contributed by atoms with van der Waals surface area (Å²) in [5.41, 5.74) is 0. The standard InChI is InChI=1S/C3H4BrF/c4-2-1-3(2)5/h2-3H,1H2/t2-,3+/m0/s1. The van der Waals surface area contributed by atoms with Crippen molar-refractivity contribution in [3.63, 3.8) is 0 Å². The van der Waals surface area contributed by atoms with Crippen molar-refractivity contribution in [2.24, 2.45) is 0 Å². The van der Waals surface area contributed by atoms with Crippen LogP contribution in [0.15, 0.2) is 0 Å². The second-order valence-electron chi connectivity index (χ2n) is 1.27. The zero-order chi connectivity index (χ0) is 3.86. The van der Waals surface area contributed by atoms with Crippen LogP contribution in [-0.2, 0) is 0 Å². The fraction of sp³-hybridized carbons (Fsp3) is 1.00. The van der Waals surface area contributed by atoms with Crippen LogP contribution in [0.25, 0.3) is 0 Å². The van der Waals surface area contributed by atoms with E-state index >= 15 is 0 Å². The molecular formula is C3H4BrF. The maximum absolute atomic E-state index is 11.5. The summed E-state index contributed by atoms with van der Waals surface area (Å²) < 4.78 is 11.5. The Labute approximate surface area is 38.5 Å². The zero-order valence-electron chi connectivity index (χ0n) is 2.62. The van der Waals surface area contributed by atoms with E-state index in [9.17, 15) is 4.39 Å². The Bertz CT molecular complexity index is 40.2. The monoisotopic (exact) mass is 138 g/mol. The van der Waals surface area contributed by atoms with E-state index in [1.54, 1.807) is 0 Å². The third-order valence-electron chi connectivity index (χ3n) is 0.640. The Morgan fingerprint density at radius 3 is 2.00 bits per heavy atom. The van der Waals surface area contributed by atoms with Crippen molar-refractivity contribution in [1.82, 2.24) is 0 Å². The van der Waals surface area contributed by atoms with Crippen molar-refractivity contribution in [1.29, 1.82) is 0 Å². The van der Waals surface area contributed by atoms with Gasteiger partial charge in [-0.3, -0.25) is 0 Å². The smallest absolute Gasteiger partial charge is 0.114 e. The highest BCUT2D eigenvalue weighted by atomic mass is 79.9. The number of alkyl halides is 2. The molecule has 0 aromatic rings. The Morgan fingerprint density at radius 1 is 1.80 bits per heavy atom. The Kier molecular flexibility index (Phi) is 0.671. The third kappa shape index (κ3) is 0.623. The molecule has 0 aromatic carbocycles. The largest absolute Gasteiger partial charge is 0.246 e. The predicted molar refractivity (Wildman–Crippen MR) is 22.2 cm³/mol. The molecule has 0 N–H and O–H groups in total. The SMILES string of the molecule is F[C@@H]1C[C@@H]1Br. The minimum Gasteiger partial charge on any atom is -0.246 e. The van der Waals surface area contributed by atoms with Gasteiger partial charge in [-0.25, -0.2) is 4.39 Å². The van der Waals surface area contributed by atoms with E-state index in [4.69, 9.17) is 0 Å². The minimum atomic E-state index is -0.532. The fourth-order valence-electron chi connectivity index (χ4n) is 0.137. The second-order valence-corrected chi connectivity index (χ2v) is 2.44. The van der Waals surface area contributed by atoms with Gasteiger partial charge in [0, 0.05) is 4.83 Å². The van der Waals surface area contributed by atoms with Gasteiger partial charge in [-0.2, -0.15) is 0 Å². The van der Waals surface area contributed by atoms with Crippen molar-refractivity contribution in [3.05, 3.63) is 0 Å². The molecule has 1 aliphatic rings. The highest BCUT2D eigenvalue weighted by molar-refractivity contribution is 9.09. The van der Waals surface area contributed by atoms with Gasteiger partial charge in [0.25, 0.3) is 0 Å². The average Bonchev–Trinajstić information content (AvgIpc) is 1.79. The molecule has 30 valence electrons. The first kappa shape index (κ1) is 3.59. The van der Waals surface area contributed by atoms with Gasteiger partial charge < -0.3 is 0 Å². The van der Waals surface area contributed by atoms with Crippen molar-refractivity contribution in [2.75, 3.05) is 0 Å². The number of halogens is 2. The summed E-state index contributed by atoms with van der Waals surface area (Å²) in [6.45, 7) is 0. The fourth-order valence-corrected chi connectivity index (χ4v) is 0.494. The molecule has 0 amide bonds. The third-order valence-corrected chi connectivity index (χ3v) is 1.59. The molecule has 0 spiro atoms. The van der Waals surface area contributed by atoms with Gasteiger partial charge in [-0.05, 0) is 6.42 Å². The van der Waals surface area contributed by atoms with Crippen LogP contribution in [0, 0.1) is 0 Å². The maximum Gasteiger partial charge on any atom is 0.114 e. The molecule has 0 heterocycles. The van der Waals surface area contributed by atoms with Crippen LogP contribution in [0.4, 0.5) is 4.39 Å². The maximum atomic E-state index is 11.5. The van der Waals surface area contributed by atoms with Crippen LogP contribution in [-0.4, -0.2) is 11.0 Å². The summed E-state index contributed by atoms with van der Waals surface area (Å²) in [7, 11) is 0. The van der Waals surface area contributed by atoms with E-state index in [-0.39, 0.29) is 4.83 Å². The summed E-state index contributed by atoms with van der Waals surface area (Å²) in [6, 6.07) is 0. The average molecular weight is 139 g/mol. The van der Waals surface area contributed by atoms with Crippen molar-refractivity contribution < 1.29 is 4.39 Å². The van der Waals surface area contributed by atoms with Gasteiger partial charge in [-0.1, -0.05) is 15.9 Å². The molecule has 0 saturated heterocycles. The lowest BCUT2D eigenvalue weighted by Gasteiger charge is -1.61. The zero-order valence-corrected chi connectivity index (χ0v) is 4.20. The van der Waals surface area contributed by atoms with Crippen LogP contribution < -0.4 is 0 Å². The van der Waals surface area contributed by atoms with Crippen LogP contribution in [0.2, 0.25) is 0 Å². The predicted octanol–water partition coefficient (Wildman–Crippen LogP) is 1.49. The molecule has 0 radical (unpaired) electrons. The first-order chi connectivity index (χ1) is 2.30. The van der Waals surface area contributed by atoms with Crippen molar-refractivity contribution >= 4 is 15.9 Å².